The molecule has 2 aliphatic heterocycles. The van der Waals surface area contributed by atoms with Crippen molar-refractivity contribution in [3.05, 3.63) is 112 Å². The van der Waals surface area contributed by atoms with E-state index in [0.29, 0.717) is 43.7 Å². The third-order valence-electron chi connectivity index (χ3n) is 9.90. The Bertz CT molecular complexity index is 1810. The van der Waals surface area contributed by atoms with E-state index in [9.17, 15) is 14.4 Å². The molecule has 3 aromatic carbocycles. The van der Waals surface area contributed by atoms with E-state index in [4.69, 9.17) is 0 Å². The monoisotopic (exact) mass is 631 g/mol. The van der Waals surface area contributed by atoms with Crippen molar-refractivity contribution in [1.29, 1.82) is 0 Å². The summed E-state index contributed by atoms with van der Waals surface area (Å²) < 4.78 is 2.04. The van der Waals surface area contributed by atoms with Gasteiger partial charge in [0.15, 0.2) is 0 Å². The molecule has 6 rings (SSSR count). The lowest BCUT2D eigenvalue weighted by Crippen LogP contribution is -2.43. The molecule has 0 fully saturated rings. The molecular weight excluding hydrogens is 586 g/mol. The van der Waals surface area contributed by atoms with Gasteiger partial charge in [0.25, 0.3) is 11.8 Å². The van der Waals surface area contributed by atoms with Crippen molar-refractivity contribution in [2.24, 2.45) is 7.05 Å². The van der Waals surface area contributed by atoms with Crippen LogP contribution in [-0.2, 0) is 33.0 Å². The number of hydrogen-bond acceptors (Lipinski definition) is 3. The second-order valence-corrected chi connectivity index (χ2v) is 13.1. The van der Waals surface area contributed by atoms with Crippen molar-refractivity contribution >= 4 is 23.5 Å². The topological polar surface area (TPSA) is 77.9 Å². The summed E-state index contributed by atoms with van der Waals surface area (Å²) in [6, 6.07) is 23.7. The first-order chi connectivity index (χ1) is 22.7. The van der Waals surface area contributed by atoms with E-state index in [2.05, 4.69) is 43.4 Å². The van der Waals surface area contributed by atoms with Gasteiger partial charge >= 0.3 is 6.03 Å². The lowest BCUT2D eigenvalue weighted by Gasteiger charge is -2.36. The van der Waals surface area contributed by atoms with Crippen LogP contribution in [0.2, 0.25) is 0 Å². The number of unbranched alkanes of at least 4 members (excludes halogenated alkanes) is 1. The maximum absolute atomic E-state index is 14.7. The van der Waals surface area contributed by atoms with Crippen LogP contribution >= 0.6 is 0 Å². The summed E-state index contributed by atoms with van der Waals surface area (Å²) in [7, 11) is 3.82. The number of carbonyl (C=O) groups is 3. The fraction of sp³-hybridized carbons (Fsp3) is 0.359. The van der Waals surface area contributed by atoms with Gasteiger partial charge in [0.05, 0.1) is 5.56 Å². The summed E-state index contributed by atoms with van der Waals surface area (Å²) >= 11 is 0. The van der Waals surface area contributed by atoms with Crippen molar-refractivity contribution < 1.29 is 14.4 Å². The first kappa shape index (κ1) is 32.1. The van der Waals surface area contributed by atoms with Gasteiger partial charge in [-0.3, -0.25) is 9.59 Å². The smallest absolute Gasteiger partial charge is 0.322 e. The summed E-state index contributed by atoms with van der Waals surface area (Å²) in [5.74, 6) is -0.0487. The van der Waals surface area contributed by atoms with Gasteiger partial charge in [-0.15, -0.1) is 0 Å². The molecule has 1 atom stereocenters. The molecule has 0 spiro atoms. The second kappa shape index (κ2) is 13.5. The van der Waals surface area contributed by atoms with Gasteiger partial charge < -0.3 is 24.6 Å². The van der Waals surface area contributed by atoms with Crippen LogP contribution in [0.1, 0.15) is 75.4 Å². The van der Waals surface area contributed by atoms with Crippen LogP contribution in [0.5, 0.6) is 0 Å². The van der Waals surface area contributed by atoms with Gasteiger partial charge in [0, 0.05) is 74.5 Å². The van der Waals surface area contributed by atoms with Crippen LogP contribution < -0.4 is 5.32 Å². The summed E-state index contributed by atoms with van der Waals surface area (Å²) in [4.78, 5) is 47.0. The zero-order valence-electron chi connectivity index (χ0n) is 28.2. The van der Waals surface area contributed by atoms with Crippen LogP contribution in [0.25, 0.3) is 11.3 Å². The molecule has 0 bridgehead atoms. The molecular formula is C39H45N5O3. The zero-order valence-corrected chi connectivity index (χ0v) is 28.2. The minimum atomic E-state index is -0.159. The zero-order chi connectivity index (χ0) is 33.2. The molecule has 0 saturated heterocycles. The van der Waals surface area contributed by atoms with Crippen LogP contribution in [0.3, 0.4) is 0 Å². The van der Waals surface area contributed by atoms with E-state index in [1.54, 1.807) is 9.80 Å². The highest BCUT2D eigenvalue weighted by Crippen LogP contribution is 2.35. The van der Waals surface area contributed by atoms with E-state index in [1.807, 2.05) is 79.0 Å². The van der Waals surface area contributed by atoms with Crippen molar-refractivity contribution in [3.63, 3.8) is 0 Å². The fourth-order valence-electron chi connectivity index (χ4n) is 6.88. The molecule has 2 aliphatic rings. The van der Waals surface area contributed by atoms with Gasteiger partial charge in [-0.05, 0) is 85.7 Å². The maximum Gasteiger partial charge on any atom is 0.322 e. The Kier molecular flexibility index (Phi) is 9.21. The summed E-state index contributed by atoms with van der Waals surface area (Å²) in [5.41, 5.74) is 9.07. The Hall–Kier alpha value is -4.85. The number of nitrogens with one attached hydrogen (secondary N) is 1. The van der Waals surface area contributed by atoms with Crippen molar-refractivity contribution in [2.45, 2.75) is 65.6 Å². The number of hydrogen-bond donors (Lipinski definition) is 1. The van der Waals surface area contributed by atoms with Gasteiger partial charge in [-0.1, -0.05) is 55.8 Å². The molecule has 3 heterocycles. The number of fused-ring (bicyclic) bond motifs is 2. The lowest BCUT2D eigenvalue weighted by molar-refractivity contribution is 0.0658. The van der Waals surface area contributed by atoms with E-state index in [1.165, 1.54) is 11.1 Å². The second-order valence-electron chi connectivity index (χ2n) is 13.1. The predicted octanol–water partition coefficient (Wildman–Crippen LogP) is 7.05. The highest BCUT2D eigenvalue weighted by Gasteiger charge is 2.32. The minimum Gasteiger partial charge on any atom is -0.347 e. The normalized spacial score (nSPS) is 15.6. The number of anilines is 1. The molecule has 0 unspecified atom stereocenters. The van der Waals surface area contributed by atoms with Crippen molar-refractivity contribution in [2.75, 3.05) is 25.5 Å². The molecule has 4 aromatic rings. The van der Waals surface area contributed by atoms with Crippen LogP contribution in [0.4, 0.5) is 10.5 Å². The standard InChI is InChI=1S/C39H45N5O3/c1-6-7-18-41(4)37(45)33-23-36(42(5)27(33)3)34-21-29-17-19-43(39(47)40-32-15-9-8-10-16-32)24-31(29)22-35(34)38(46)44-25-30-14-12-11-13-28(30)20-26(44)2/h8-16,21-23,26H,6-7,17-20,24-25H2,1-5H3,(H,40,47)/t26-/m1/s1. The van der Waals surface area contributed by atoms with Crippen molar-refractivity contribution in [1.82, 2.24) is 19.3 Å². The SMILES string of the molecule is CCCCN(C)C(=O)c1cc(-c2cc3c(cc2C(=O)N2Cc4ccccc4C[C@H]2C)CN(C(=O)Nc2ccccc2)CC3)n(C)c1C. The molecule has 0 radical (unpaired) electrons. The number of amides is 4. The van der Waals surface area contributed by atoms with Gasteiger partial charge in [0.2, 0.25) is 0 Å². The van der Waals surface area contributed by atoms with Crippen molar-refractivity contribution in [3.8, 4) is 11.3 Å². The first-order valence-corrected chi connectivity index (χ1v) is 16.7. The van der Waals surface area contributed by atoms with E-state index < -0.39 is 0 Å². The number of aromatic nitrogens is 1. The molecule has 0 saturated carbocycles. The molecule has 4 amide bonds. The number of para-hydroxylation sites is 1. The van der Waals surface area contributed by atoms with E-state index in [-0.39, 0.29) is 23.9 Å². The van der Waals surface area contributed by atoms with Gasteiger partial charge in [-0.25, -0.2) is 4.79 Å². The van der Waals surface area contributed by atoms with Gasteiger partial charge in [-0.2, -0.15) is 0 Å². The number of carbonyl (C=O) groups excluding carboxylic acids is 3. The average Bonchev–Trinajstić information content (AvgIpc) is 3.38. The number of urea groups is 1. The summed E-state index contributed by atoms with van der Waals surface area (Å²) in [5, 5.41) is 3.01. The molecule has 8 heteroatoms. The van der Waals surface area contributed by atoms with Crippen LogP contribution in [0, 0.1) is 6.92 Å². The van der Waals surface area contributed by atoms with Crippen LogP contribution in [0.15, 0.2) is 72.8 Å². The Morgan fingerprint density at radius 2 is 1.62 bits per heavy atom. The molecule has 244 valence electrons. The predicted molar refractivity (Wildman–Crippen MR) is 187 cm³/mol. The van der Waals surface area contributed by atoms with E-state index >= 15 is 0 Å². The Balaban J connectivity index is 1.39. The number of benzene rings is 3. The highest BCUT2D eigenvalue weighted by atomic mass is 16.2. The van der Waals surface area contributed by atoms with Crippen LogP contribution in [-0.4, -0.2) is 63.3 Å². The quantitative estimate of drug-likeness (QED) is 0.238. The third-order valence-corrected chi connectivity index (χ3v) is 9.90. The van der Waals surface area contributed by atoms with E-state index in [0.717, 1.165) is 53.0 Å². The average molecular weight is 632 g/mol. The molecule has 0 aliphatic carbocycles. The minimum absolute atomic E-state index is 0.00929. The Morgan fingerprint density at radius 3 is 2.36 bits per heavy atom. The molecule has 8 nitrogen and oxygen atoms in total. The van der Waals surface area contributed by atoms with Gasteiger partial charge in [0.1, 0.15) is 0 Å². The highest BCUT2D eigenvalue weighted by molar-refractivity contribution is 6.03. The molecule has 1 N–H and O–H groups in total. The maximum atomic E-state index is 14.7. The molecule has 47 heavy (non-hydrogen) atoms. The first-order valence-electron chi connectivity index (χ1n) is 16.7. The Labute approximate surface area is 278 Å². The fourth-order valence-corrected chi connectivity index (χ4v) is 6.88. The lowest BCUT2D eigenvalue weighted by atomic mass is 9.90. The largest absolute Gasteiger partial charge is 0.347 e. The third kappa shape index (κ3) is 6.42. The Morgan fingerprint density at radius 1 is 0.894 bits per heavy atom. The summed E-state index contributed by atoms with van der Waals surface area (Å²) in [6.07, 6.45) is 3.42. The summed E-state index contributed by atoms with van der Waals surface area (Å²) in [6.45, 7) is 8.41. The molecule has 1 aromatic heterocycles. The number of nitrogens with zero attached hydrogens (tertiary/aromatic N) is 4. The number of rotatable bonds is 7.